The molecule has 19 heavy (non-hydrogen) atoms. The number of ether oxygens (including phenoxy) is 1. The molecule has 1 N–H and O–H groups in total. The van der Waals surface area contributed by atoms with E-state index in [1.165, 1.54) is 31.2 Å². The van der Waals surface area contributed by atoms with Crippen LogP contribution in [0.5, 0.6) is 0 Å². The average molecular weight is 281 g/mol. The molecule has 1 aliphatic rings. The zero-order valence-corrected chi connectivity index (χ0v) is 13.1. The van der Waals surface area contributed by atoms with Gasteiger partial charge in [0.15, 0.2) is 0 Å². The predicted octanol–water partition coefficient (Wildman–Crippen LogP) is 4.17. The van der Waals surface area contributed by atoms with Gasteiger partial charge >= 0.3 is 0 Å². The van der Waals surface area contributed by atoms with Crippen LogP contribution in [0.1, 0.15) is 56.0 Å². The van der Waals surface area contributed by atoms with E-state index in [9.17, 15) is 0 Å². The molecule has 0 aliphatic carbocycles. The third kappa shape index (κ3) is 4.30. The van der Waals surface area contributed by atoms with Crippen molar-refractivity contribution in [3.8, 4) is 0 Å². The summed E-state index contributed by atoms with van der Waals surface area (Å²) in [4.78, 5) is 1.57. The van der Waals surface area contributed by atoms with E-state index < -0.39 is 0 Å². The van der Waals surface area contributed by atoms with Gasteiger partial charge in [-0.05, 0) is 61.6 Å². The van der Waals surface area contributed by atoms with Gasteiger partial charge in [-0.25, -0.2) is 0 Å². The maximum absolute atomic E-state index is 5.48. The second-order valence-corrected chi connectivity index (χ2v) is 6.41. The Bertz CT molecular complexity index is 357. The van der Waals surface area contributed by atoms with Gasteiger partial charge in [-0.15, -0.1) is 11.3 Å². The fourth-order valence-electron chi connectivity index (χ4n) is 2.86. The SMILES string of the molecule is CCCNC(CC1CCOCC1)c1sccc1CC. The van der Waals surface area contributed by atoms with E-state index in [2.05, 4.69) is 30.6 Å². The molecule has 3 heteroatoms. The van der Waals surface area contributed by atoms with Gasteiger partial charge in [0.2, 0.25) is 0 Å². The van der Waals surface area contributed by atoms with Crippen LogP contribution in [-0.4, -0.2) is 19.8 Å². The normalized spacial score (nSPS) is 18.6. The van der Waals surface area contributed by atoms with Crippen molar-refractivity contribution in [1.82, 2.24) is 5.32 Å². The lowest BCUT2D eigenvalue weighted by Crippen LogP contribution is -2.27. The second-order valence-electron chi connectivity index (χ2n) is 5.46. The maximum atomic E-state index is 5.48. The molecule has 1 atom stereocenters. The van der Waals surface area contributed by atoms with Gasteiger partial charge in [0, 0.05) is 24.1 Å². The molecule has 0 radical (unpaired) electrons. The fraction of sp³-hybridized carbons (Fsp3) is 0.750. The van der Waals surface area contributed by atoms with Gasteiger partial charge in [-0.1, -0.05) is 13.8 Å². The Morgan fingerprint density at radius 2 is 2.16 bits per heavy atom. The van der Waals surface area contributed by atoms with Gasteiger partial charge in [0.1, 0.15) is 0 Å². The summed E-state index contributed by atoms with van der Waals surface area (Å²) in [5.74, 6) is 0.829. The maximum Gasteiger partial charge on any atom is 0.0468 e. The topological polar surface area (TPSA) is 21.3 Å². The van der Waals surface area contributed by atoms with Crippen LogP contribution in [0.3, 0.4) is 0 Å². The van der Waals surface area contributed by atoms with Crippen LogP contribution >= 0.6 is 11.3 Å². The van der Waals surface area contributed by atoms with E-state index in [1.54, 1.807) is 4.88 Å². The summed E-state index contributed by atoms with van der Waals surface area (Å²) in [5, 5.41) is 6.01. The Balaban J connectivity index is 2.01. The van der Waals surface area contributed by atoms with Crippen molar-refractivity contribution >= 4 is 11.3 Å². The van der Waals surface area contributed by atoms with Crippen LogP contribution in [0.15, 0.2) is 11.4 Å². The highest BCUT2D eigenvalue weighted by Gasteiger charge is 2.22. The zero-order valence-electron chi connectivity index (χ0n) is 12.3. The molecule has 2 nitrogen and oxygen atoms in total. The summed E-state index contributed by atoms with van der Waals surface area (Å²) in [6.07, 6.45) is 6.10. The Hall–Kier alpha value is -0.380. The number of aryl methyl sites for hydroxylation is 1. The molecular formula is C16H27NOS. The minimum Gasteiger partial charge on any atom is -0.381 e. The minimum absolute atomic E-state index is 0.554. The van der Waals surface area contributed by atoms with Crippen LogP contribution in [0.25, 0.3) is 0 Å². The molecule has 2 heterocycles. The Morgan fingerprint density at radius 1 is 1.37 bits per heavy atom. The molecule has 0 spiro atoms. The number of hydrogen-bond acceptors (Lipinski definition) is 3. The van der Waals surface area contributed by atoms with Crippen LogP contribution in [0, 0.1) is 5.92 Å². The highest BCUT2D eigenvalue weighted by molar-refractivity contribution is 7.10. The van der Waals surface area contributed by atoms with E-state index in [0.29, 0.717) is 6.04 Å². The molecule has 0 bridgehead atoms. The van der Waals surface area contributed by atoms with E-state index >= 15 is 0 Å². The third-order valence-corrected chi connectivity index (χ3v) is 5.10. The summed E-state index contributed by atoms with van der Waals surface area (Å²) in [6, 6.07) is 2.85. The molecular weight excluding hydrogens is 254 g/mol. The van der Waals surface area contributed by atoms with Crippen molar-refractivity contribution in [3.63, 3.8) is 0 Å². The number of hydrogen-bond donors (Lipinski definition) is 1. The van der Waals surface area contributed by atoms with Gasteiger partial charge in [-0.3, -0.25) is 0 Å². The molecule has 2 rings (SSSR count). The molecule has 1 fully saturated rings. The van der Waals surface area contributed by atoms with Crippen molar-refractivity contribution in [1.29, 1.82) is 0 Å². The lowest BCUT2D eigenvalue weighted by Gasteiger charge is -2.27. The molecule has 108 valence electrons. The van der Waals surface area contributed by atoms with Gasteiger partial charge < -0.3 is 10.1 Å². The van der Waals surface area contributed by atoms with Crippen molar-refractivity contribution in [2.45, 2.75) is 52.0 Å². The number of nitrogens with one attached hydrogen (secondary N) is 1. The van der Waals surface area contributed by atoms with Crippen LogP contribution in [0.4, 0.5) is 0 Å². The van der Waals surface area contributed by atoms with Crippen molar-refractivity contribution in [3.05, 3.63) is 21.9 Å². The fourth-order valence-corrected chi connectivity index (χ4v) is 3.95. The van der Waals surface area contributed by atoms with E-state index in [0.717, 1.165) is 32.1 Å². The Morgan fingerprint density at radius 3 is 2.84 bits per heavy atom. The average Bonchev–Trinajstić information content (AvgIpc) is 2.93. The van der Waals surface area contributed by atoms with Gasteiger partial charge in [-0.2, -0.15) is 0 Å². The Kier molecular flexibility index (Phi) is 6.35. The number of thiophene rings is 1. The largest absolute Gasteiger partial charge is 0.381 e. The van der Waals surface area contributed by atoms with Gasteiger partial charge in [0.25, 0.3) is 0 Å². The zero-order chi connectivity index (χ0) is 13.5. The molecule has 0 aromatic carbocycles. The van der Waals surface area contributed by atoms with Crippen molar-refractivity contribution in [2.24, 2.45) is 5.92 Å². The first kappa shape index (κ1) is 15.0. The first-order chi connectivity index (χ1) is 9.35. The molecule has 0 saturated carbocycles. The molecule has 1 unspecified atom stereocenters. The second kappa shape index (κ2) is 8.03. The van der Waals surface area contributed by atoms with Crippen molar-refractivity contribution < 1.29 is 4.74 Å². The van der Waals surface area contributed by atoms with Crippen molar-refractivity contribution in [2.75, 3.05) is 19.8 Å². The van der Waals surface area contributed by atoms with Crippen LogP contribution < -0.4 is 5.32 Å². The molecule has 1 aromatic rings. The molecule has 0 amide bonds. The summed E-state index contributed by atoms with van der Waals surface area (Å²) >= 11 is 1.93. The summed E-state index contributed by atoms with van der Waals surface area (Å²) in [7, 11) is 0. The highest BCUT2D eigenvalue weighted by Crippen LogP contribution is 2.32. The standard InChI is InChI=1S/C16H27NOS/c1-3-8-17-15(12-13-5-9-18-10-6-13)16-14(4-2)7-11-19-16/h7,11,13,15,17H,3-6,8-10,12H2,1-2H3. The summed E-state index contributed by atoms with van der Waals surface area (Å²) < 4.78 is 5.48. The van der Waals surface area contributed by atoms with E-state index in [1.807, 2.05) is 11.3 Å². The Labute approximate surface area is 121 Å². The minimum atomic E-state index is 0.554. The van der Waals surface area contributed by atoms with Gasteiger partial charge in [0.05, 0.1) is 0 Å². The molecule has 1 aromatic heterocycles. The predicted molar refractivity (Wildman–Crippen MR) is 82.9 cm³/mol. The summed E-state index contributed by atoms with van der Waals surface area (Å²) in [5.41, 5.74) is 1.53. The molecule has 1 aliphatic heterocycles. The summed E-state index contributed by atoms with van der Waals surface area (Å²) in [6.45, 7) is 7.53. The third-order valence-electron chi connectivity index (χ3n) is 4.03. The van der Waals surface area contributed by atoms with E-state index in [4.69, 9.17) is 4.74 Å². The van der Waals surface area contributed by atoms with E-state index in [-0.39, 0.29) is 0 Å². The molecule has 1 saturated heterocycles. The quantitative estimate of drug-likeness (QED) is 0.810. The number of rotatable bonds is 7. The highest BCUT2D eigenvalue weighted by atomic mass is 32.1. The lowest BCUT2D eigenvalue weighted by molar-refractivity contribution is 0.0606. The van der Waals surface area contributed by atoms with Crippen LogP contribution in [-0.2, 0) is 11.2 Å². The lowest BCUT2D eigenvalue weighted by atomic mass is 9.91. The first-order valence-corrected chi connectivity index (χ1v) is 8.60. The first-order valence-electron chi connectivity index (χ1n) is 7.72. The smallest absolute Gasteiger partial charge is 0.0468 e. The monoisotopic (exact) mass is 281 g/mol. The van der Waals surface area contributed by atoms with Crippen LogP contribution in [0.2, 0.25) is 0 Å².